The number of rotatable bonds is 14. The lowest BCUT2D eigenvalue weighted by molar-refractivity contribution is -0.140. The van der Waals surface area contributed by atoms with E-state index in [9.17, 15) is 18.0 Å². The van der Waals surface area contributed by atoms with Crippen LogP contribution in [0, 0.1) is 0 Å². The van der Waals surface area contributed by atoms with Crippen LogP contribution < -0.4 is 9.62 Å². The highest BCUT2D eigenvalue weighted by Gasteiger charge is 2.35. The molecule has 0 aromatic heterocycles. The lowest BCUT2D eigenvalue weighted by Gasteiger charge is -2.34. The first-order valence-corrected chi connectivity index (χ1v) is 17.0. The van der Waals surface area contributed by atoms with Gasteiger partial charge in [-0.2, -0.15) is 0 Å². The fraction of sp³-hybridized carbons (Fsp3) is 0.235. The molecule has 4 aromatic rings. The molecule has 2 amide bonds. The summed E-state index contributed by atoms with van der Waals surface area (Å²) in [6, 6.07) is 30.4. The van der Waals surface area contributed by atoms with E-state index in [1.807, 2.05) is 61.5 Å². The number of hydrogen-bond donors (Lipinski definition) is 1. The smallest absolute Gasteiger partial charge is 0.264 e. The van der Waals surface area contributed by atoms with E-state index in [0.717, 1.165) is 32.7 Å². The Kier molecular flexibility index (Phi) is 12.0. The maximum atomic E-state index is 14.4. The van der Waals surface area contributed by atoms with E-state index < -0.39 is 28.5 Å². The topological polar surface area (TPSA) is 86.8 Å². The van der Waals surface area contributed by atoms with Crippen LogP contribution in [-0.2, 0) is 32.6 Å². The fourth-order valence-corrected chi connectivity index (χ4v) is 6.74. The van der Waals surface area contributed by atoms with Crippen molar-refractivity contribution < 1.29 is 18.0 Å². The van der Waals surface area contributed by atoms with Gasteiger partial charge in [-0.25, -0.2) is 8.42 Å². The Labute approximate surface area is 273 Å². The molecule has 0 unspecified atom stereocenters. The Balaban J connectivity index is 1.78. The first-order valence-electron chi connectivity index (χ1n) is 14.4. The predicted octanol–water partition coefficient (Wildman–Crippen LogP) is 6.85. The van der Waals surface area contributed by atoms with Crippen molar-refractivity contribution >= 4 is 55.1 Å². The summed E-state index contributed by atoms with van der Waals surface area (Å²) in [6.07, 6.45) is 1.94. The van der Waals surface area contributed by atoms with Gasteiger partial charge < -0.3 is 10.2 Å². The van der Waals surface area contributed by atoms with Gasteiger partial charge in [-0.05, 0) is 53.9 Å². The van der Waals surface area contributed by atoms with Gasteiger partial charge in [0.25, 0.3) is 10.0 Å². The van der Waals surface area contributed by atoms with Crippen LogP contribution >= 0.6 is 27.5 Å². The molecule has 230 valence electrons. The molecule has 1 atom stereocenters. The van der Waals surface area contributed by atoms with Crippen LogP contribution in [0.4, 0.5) is 5.69 Å². The van der Waals surface area contributed by atoms with Gasteiger partial charge in [0, 0.05) is 24.0 Å². The average Bonchev–Trinajstić information content (AvgIpc) is 3.03. The van der Waals surface area contributed by atoms with E-state index in [-0.39, 0.29) is 34.5 Å². The van der Waals surface area contributed by atoms with Crippen molar-refractivity contribution in [3.05, 3.63) is 130 Å². The first kappa shape index (κ1) is 33.2. The molecular formula is C34H35BrClN3O4S. The standard InChI is InChI=1S/C34H35BrClN3O4S/c1-2-3-22-37-34(41)32(23-26-12-6-4-7-13-26)38(24-27-18-20-28(35)21-19-27)33(40)25-39(31-17-11-10-16-30(31)36)44(42,43)29-14-8-5-9-15-29/h4-21,32H,2-3,22-25H2,1H3,(H,37,41)/t32-/m1/s1. The molecule has 0 aliphatic heterocycles. The zero-order valence-corrected chi connectivity index (χ0v) is 27.6. The lowest BCUT2D eigenvalue weighted by atomic mass is 10.0. The van der Waals surface area contributed by atoms with Crippen molar-refractivity contribution in [3.63, 3.8) is 0 Å². The van der Waals surface area contributed by atoms with Crippen LogP contribution in [0.3, 0.4) is 0 Å². The molecule has 4 rings (SSSR count). The summed E-state index contributed by atoms with van der Waals surface area (Å²) in [7, 11) is -4.21. The van der Waals surface area contributed by atoms with E-state index in [4.69, 9.17) is 11.6 Å². The number of hydrogen-bond acceptors (Lipinski definition) is 4. The predicted molar refractivity (Wildman–Crippen MR) is 179 cm³/mol. The van der Waals surface area contributed by atoms with E-state index >= 15 is 0 Å². The highest BCUT2D eigenvalue weighted by Crippen LogP contribution is 2.31. The summed E-state index contributed by atoms with van der Waals surface area (Å²) < 4.78 is 29.9. The quantitative estimate of drug-likeness (QED) is 0.146. The van der Waals surface area contributed by atoms with Crippen LogP contribution in [-0.4, -0.2) is 44.3 Å². The largest absolute Gasteiger partial charge is 0.354 e. The van der Waals surface area contributed by atoms with E-state index in [2.05, 4.69) is 21.2 Å². The molecule has 4 aromatic carbocycles. The molecule has 0 aliphatic rings. The molecule has 1 N–H and O–H groups in total. The molecule has 0 radical (unpaired) electrons. The Morgan fingerprint density at radius 3 is 2.09 bits per heavy atom. The summed E-state index contributed by atoms with van der Waals surface area (Å²) in [5, 5.41) is 3.17. The lowest BCUT2D eigenvalue weighted by Crippen LogP contribution is -2.53. The number of carbonyl (C=O) groups excluding carboxylic acids is 2. The number of nitrogens with one attached hydrogen (secondary N) is 1. The van der Waals surface area contributed by atoms with E-state index in [1.54, 1.807) is 42.5 Å². The van der Waals surface area contributed by atoms with Crippen molar-refractivity contribution in [3.8, 4) is 0 Å². The third-order valence-corrected chi connectivity index (χ3v) is 9.72. The number of halogens is 2. The summed E-state index contributed by atoms with van der Waals surface area (Å²) >= 11 is 9.96. The third-order valence-electron chi connectivity index (χ3n) is 7.10. The summed E-state index contributed by atoms with van der Waals surface area (Å²) in [6.45, 7) is 2.03. The van der Waals surface area contributed by atoms with E-state index in [1.165, 1.54) is 17.0 Å². The SMILES string of the molecule is CCCCNC(=O)[C@@H](Cc1ccccc1)N(Cc1ccc(Br)cc1)C(=O)CN(c1ccccc1Cl)S(=O)(=O)c1ccccc1. The zero-order chi connectivity index (χ0) is 31.5. The van der Waals surface area contributed by atoms with Gasteiger partial charge in [0.1, 0.15) is 12.6 Å². The second-order valence-corrected chi connectivity index (χ2v) is 13.5. The van der Waals surface area contributed by atoms with Gasteiger partial charge in [0.2, 0.25) is 11.8 Å². The molecule has 0 spiro atoms. The molecular weight excluding hydrogens is 662 g/mol. The second-order valence-electron chi connectivity index (χ2n) is 10.3. The number of amides is 2. The van der Waals surface area contributed by atoms with Crippen molar-refractivity contribution in [2.24, 2.45) is 0 Å². The van der Waals surface area contributed by atoms with Crippen LogP contribution in [0.1, 0.15) is 30.9 Å². The number of para-hydroxylation sites is 1. The summed E-state index contributed by atoms with van der Waals surface area (Å²) in [5.41, 5.74) is 1.83. The van der Waals surface area contributed by atoms with Crippen LogP contribution in [0.15, 0.2) is 119 Å². The van der Waals surface area contributed by atoms with Gasteiger partial charge in [-0.15, -0.1) is 0 Å². The van der Waals surface area contributed by atoms with Gasteiger partial charge in [0.05, 0.1) is 15.6 Å². The monoisotopic (exact) mass is 695 g/mol. The van der Waals surface area contributed by atoms with Gasteiger partial charge in [0.15, 0.2) is 0 Å². The fourth-order valence-electron chi connectivity index (χ4n) is 4.73. The highest BCUT2D eigenvalue weighted by atomic mass is 79.9. The normalized spacial score (nSPS) is 11.9. The molecule has 0 saturated carbocycles. The minimum absolute atomic E-state index is 0.0188. The molecule has 0 aliphatic carbocycles. The number of benzene rings is 4. The van der Waals surface area contributed by atoms with Crippen molar-refractivity contribution in [2.45, 2.75) is 43.7 Å². The number of carbonyl (C=O) groups is 2. The van der Waals surface area contributed by atoms with Crippen molar-refractivity contribution in [1.29, 1.82) is 0 Å². The van der Waals surface area contributed by atoms with Crippen molar-refractivity contribution in [1.82, 2.24) is 10.2 Å². The Morgan fingerprint density at radius 2 is 1.45 bits per heavy atom. The molecule has 0 heterocycles. The van der Waals surface area contributed by atoms with Crippen LogP contribution in [0.2, 0.25) is 5.02 Å². The molecule has 7 nitrogen and oxygen atoms in total. The summed E-state index contributed by atoms with van der Waals surface area (Å²) in [4.78, 5) is 29.7. The third kappa shape index (κ3) is 8.71. The molecule has 0 saturated heterocycles. The molecule has 10 heteroatoms. The number of sulfonamides is 1. The Hall–Kier alpha value is -3.66. The Bertz CT molecular complexity index is 1640. The molecule has 0 bridgehead atoms. The van der Waals surface area contributed by atoms with Gasteiger partial charge >= 0.3 is 0 Å². The number of nitrogens with zero attached hydrogens (tertiary/aromatic N) is 2. The summed E-state index contributed by atoms with van der Waals surface area (Å²) in [5.74, 6) is -0.845. The highest BCUT2D eigenvalue weighted by molar-refractivity contribution is 9.10. The minimum atomic E-state index is -4.21. The van der Waals surface area contributed by atoms with Crippen LogP contribution in [0.5, 0.6) is 0 Å². The maximum absolute atomic E-state index is 14.4. The first-order chi connectivity index (χ1) is 21.2. The minimum Gasteiger partial charge on any atom is -0.354 e. The van der Waals surface area contributed by atoms with Crippen LogP contribution in [0.25, 0.3) is 0 Å². The molecule has 0 fully saturated rings. The zero-order valence-electron chi connectivity index (χ0n) is 24.4. The second kappa shape index (κ2) is 15.9. The number of anilines is 1. The number of unbranched alkanes of at least 4 members (excludes halogenated alkanes) is 1. The Morgan fingerprint density at radius 1 is 0.841 bits per heavy atom. The maximum Gasteiger partial charge on any atom is 0.264 e. The van der Waals surface area contributed by atoms with E-state index in [0.29, 0.717) is 6.54 Å². The van der Waals surface area contributed by atoms with Gasteiger partial charge in [-0.1, -0.05) is 114 Å². The molecule has 44 heavy (non-hydrogen) atoms. The van der Waals surface area contributed by atoms with Gasteiger partial charge in [-0.3, -0.25) is 13.9 Å². The average molecular weight is 697 g/mol. The van der Waals surface area contributed by atoms with Crippen molar-refractivity contribution in [2.75, 3.05) is 17.4 Å².